The van der Waals surface area contributed by atoms with Crippen LogP contribution >= 0.6 is 0 Å². The van der Waals surface area contributed by atoms with Gasteiger partial charge < -0.3 is 20.2 Å². The molecule has 0 fully saturated rings. The summed E-state index contributed by atoms with van der Waals surface area (Å²) in [5.41, 5.74) is -1.37. The molecule has 2 amide bonds. The number of allylic oxidation sites excluding steroid dienone is 8. The minimum Gasteiger partial charge on any atom is -0.477 e. The van der Waals surface area contributed by atoms with Crippen LogP contribution in [0, 0.1) is 0 Å². The minimum atomic E-state index is -1.37. The first-order valence-corrected chi connectivity index (χ1v) is 20.8. The summed E-state index contributed by atoms with van der Waals surface area (Å²) in [5.74, 6) is -1.46. The Bertz CT molecular complexity index is 948. The van der Waals surface area contributed by atoms with Crippen molar-refractivity contribution >= 4 is 17.8 Å². The van der Waals surface area contributed by atoms with E-state index in [2.05, 4.69) is 73.1 Å². The SMILES string of the molecule is CCCCC/C=C\C/C=C\CCCCCCCC(=O)NC(CC)(NC(=O)CCCCCCC/C=C\C/C=C\CCCCC)C(C(=O)O)[N+](C)(C)C. The number of aliphatic carboxylic acids is 1. The Morgan fingerprint density at radius 1 is 0.529 bits per heavy atom. The highest BCUT2D eigenvalue weighted by Gasteiger charge is 2.52. The van der Waals surface area contributed by atoms with Crippen molar-refractivity contribution < 1.29 is 24.0 Å². The summed E-state index contributed by atoms with van der Waals surface area (Å²) in [6, 6.07) is -1.04. The second-order valence-corrected chi connectivity index (χ2v) is 15.2. The maximum Gasteiger partial charge on any atom is 0.367 e. The largest absolute Gasteiger partial charge is 0.477 e. The lowest BCUT2D eigenvalue weighted by atomic mass is 9.93. The molecule has 0 bridgehead atoms. The third-order valence-corrected chi connectivity index (χ3v) is 9.47. The summed E-state index contributed by atoms with van der Waals surface area (Å²) in [6.07, 6.45) is 43.4. The van der Waals surface area contributed by atoms with Crippen molar-refractivity contribution in [2.45, 2.75) is 193 Å². The van der Waals surface area contributed by atoms with E-state index in [1.165, 1.54) is 51.4 Å². The van der Waals surface area contributed by atoms with E-state index in [9.17, 15) is 19.5 Å². The fourth-order valence-electron chi connectivity index (χ4n) is 6.56. The summed E-state index contributed by atoms with van der Waals surface area (Å²) in [5, 5.41) is 16.3. The van der Waals surface area contributed by atoms with E-state index < -0.39 is 17.7 Å². The van der Waals surface area contributed by atoms with Crippen LogP contribution in [0.25, 0.3) is 0 Å². The molecule has 51 heavy (non-hydrogen) atoms. The van der Waals surface area contributed by atoms with Gasteiger partial charge in [-0.3, -0.25) is 9.59 Å². The van der Waals surface area contributed by atoms with Crippen LogP contribution in [0.4, 0.5) is 0 Å². The number of rotatable bonds is 34. The summed E-state index contributed by atoms with van der Waals surface area (Å²) in [7, 11) is 5.38. The summed E-state index contributed by atoms with van der Waals surface area (Å²) in [4.78, 5) is 39.0. The van der Waals surface area contributed by atoms with Gasteiger partial charge in [0, 0.05) is 12.8 Å². The first-order chi connectivity index (χ1) is 24.5. The lowest BCUT2D eigenvalue weighted by molar-refractivity contribution is -0.892. The molecule has 0 rings (SSSR count). The van der Waals surface area contributed by atoms with Gasteiger partial charge in [0.05, 0.1) is 21.1 Å². The van der Waals surface area contributed by atoms with Gasteiger partial charge >= 0.3 is 5.97 Å². The second kappa shape index (κ2) is 32.0. The fraction of sp³-hybridized carbons (Fsp3) is 0.750. The number of hydrogen-bond acceptors (Lipinski definition) is 3. The van der Waals surface area contributed by atoms with Crippen LogP contribution in [0.5, 0.6) is 0 Å². The molecule has 0 aromatic rings. The first kappa shape index (κ1) is 48.3. The van der Waals surface area contributed by atoms with Crippen LogP contribution < -0.4 is 10.6 Å². The number of nitrogens with one attached hydrogen (secondary N) is 2. The number of unbranched alkanes of at least 4 members (excludes halogenated alkanes) is 16. The Labute approximate surface area is 314 Å². The lowest BCUT2D eigenvalue weighted by Gasteiger charge is -2.45. The third kappa shape index (κ3) is 26.7. The molecule has 0 aliphatic heterocycles. The lowest BCUT2D eigenvalue weighted by Crippen LogP contribution is -2.75. The molecule has 0 aliphatic carbocycles. The highest BCUT2D eigenvalue weighted by molar-refractivity contribution is 5.83. The van der Waals surface area contributed by atoms with Crippen molar-refractivity contribution in [1.82, 2.24) is 10.6 Å². The quantitative estimate of drug-likeness (QED) is 0.0268. The zero-order chi connectivity index (χ0) is 38.1. The van der Waals surface area contributed by atoms with Crippen molar-refractivity contribution in [3.05, 3.63) is 48.6 Å². The number of carbonyl (C=O) groups excluding carboxylic acids is 2. The zero-order valence-corrected chi connectivity index (χ0v) is 34.0. The highest BCUT2D eigenvalue weighted by Crippen LogP contribution is 2.23. The monoisotopic (exact) mass is 715 g/mol. The van der Waals surface area contributed by atoms with E-state index in [1.807, 2.05) is 6.92 Å². The molecule has 0 aliphatic rings. The van der Waals surface area contributed by atoms with Gasteiger partial charge in [-0.15, -0.1) is 0 Å². The summed E-state index contributed by atoms with van der Waals surface area (Å²) in [6.45, 7) is 6.30. The van der Waals surface area contributed by atoms with Crippen LogP contribution in [0.2, 0.25) is 0 Å². The molecule has 7 nitrogen and oxygen atoms in total. The van der Waals surface area contributed by atoms with Gasteiger partial charge in [0.15, 0.2) is 5.66 Å². The van der Waals surface area contributed by atoms with Gasteiger partial charge in [0.25, 0.3) is 0 Å². The van der Waals surface area contributed by atoms with E-state index in [1.54, 1.807) is 21.1 Å². The van der Waals surface area contributed by atoms with Crippen LogP contribution in [0.1, 0.15) is 181 Å². The molecule has 0 radical (unpaired) electrons. The average molecular weight is 715 g/mol. The number of nitrogens with zero attached hydrogens (tertiary/aromatic N) is 1. The number of hydrogen-bond donors (Lipinski definition) is 3. The maximum atomic E-state index is 13.2. The molecular weight excluding hydrogens is 635 g/mol. The van der Waals surface area contributed by atoms with E-state index in [4.69, 9.17) is 0 Å². The van der Waals surface area contributed by atoms with Gasteiger partial charge in [0.1, 0.15) is 0 Å². The Kier molecular flexibility index (Phi) is 30.3. The van der Waals surface area contributed by atoms with Crippen LogP contribution in [-0.4, -0.2) is 60.2 Å². The molecule has 1 atom stereocenters. The van der Waals surface area contributed by atoms with E-state index in [-0.39, 0.29) is 22.7 Å². The number of likely N-dealkylation sites (N-methyl/N-ethyl adjacent to an activating group) is 1. The number of amides is 2. The van der Waals surface area contributed by atoms with Gasteiger partial charge in [-0.25, -0.2) is 4.79 Å². The number of carboxylic acid groups (broad SMARTS) is 1. The molecule has 3 N–H and O–H groups in total. The molecule has 1 unspecified atom stereocenters. The smallest absolute Gasteiger partial charge is 0.367 e. The van der Waals surface area contributed by atoms with Crippen LogP contribution in [0.3, 0.4) is 0 Å². The van der Waals surface area contributed by atoms with E-state index >= 15 is 0 Å². The Morgan fingerprint density at radius 2 is 0.863 bits per heavy atom. The normalized spacial score (nSPS) is 13.2. The molecule has 0 saturated carbocycles. The molecular formula is C44H80N3O4+. The molecule has 0 saturated heterocycles. The zero-order valence-electron chi connectivity index (χ0n) is 34.0. The molecule has 0 aromatic carbocycles. The Balaban J connectivity index is 4.64. The topological polar surface area (TPSA) is 95.5 Å². The average Bonchev–Trinajstić information content (AvgIpc) is 3.07. The van der Waals surface area contributed by atoms with Crippen molar-refractivity contribution in [3.8, 4) is 0 Å². The number of carboxylic acids is 1. The molecule has 294 valence electrons. The molecule has 0 heterocycles. The van der Waals surface area contributed by atoms with E-state index in [0.29, 0.717) is 12.8 Å². The number of carbonyl (C=O) groups is 3. The second-order valence-electron chi connectivity index (χ2n) is 15.2. The van der Waals surface area contributed by atoms with Gasteiger partial charge in [-0.2, -0.15) is 0 Å². The summed E-state index contributed by atoms with van der Waals surface area (Å²) >= 11 is 0. The van der Waals surface area contributed by atoms with Gasteiger partial charge in [0.2, 0.25) is 17.9 Å². The first-order valence-electron chi connectivity index (χ1n) is 20.8. The Morgan fingerprint density at radius 3 is 1.18 bits per heavy atom. The molecule has 0 spiro atoms. The molecule has 7 heteroatoms. The van der Waals surface area contributed by atoms with Crippen molar-refractivity contribution in [2.24, 2.45) is 0 Å². The van der Waals surface area contributed by atoms with Gasteiger partial charge in [-0.1, -0.05) is 134 Å². The van der Waals surface area contributed by atoms with Crippen molar-refractivity contribution in [2.75, 3.05) is 21.1 Å². The van der Waals surface area contributed by atoms with E-state index in [0.717, 1.165) is 89.9 Å². The highest BCUT2D eigenvalue weighted by atomic mass is 16.4. The standard InChI is InChI=1S/C44H79N3O4/c1-7-10-12-14-16-18-20-22-24-26-28-30-32-34-36-38-40(48)45-44(9-3,42(43(50)51)47(4,5)6)46-41(49)39-37-35-33-31-29-27-25-23-21-19-17-15-13-11-8-2/h16-19,22-25,42H,7-15,20-21,26-39H2,1-6H3,(H2-,45,46,48,49,50,51)/p+1/b18-16-,19-17-,24-22-,25-23-. The summed E-state index contributed by atoms with van der Waals surface area (Å²) < 4.78 is 0.0666. The van der Waals surface area contributed by atoms with Gasteiger partial charge in [-0.05, 0) is 83.5 Å². The van der Waals surface area contributed by atoms with Crippen molar-refractivity contribution in [3.63, 3.8) is 0 Å². The third-order valence-electron chi connectivity index (χ3n) is 9.47. The predicted molar refractivity (Wildman–Crippen MR) is 217 cm³/mol. The molecule has 0 aromatic heterocycles. The van der Waals surface area contributed by atoms with Crippen molar-refractivity contribution in [1.29, 1.82) is 0 Å². The van der Waals surface area contributed by atoms with Crippen LogP contribution in [0.15, 0.2) is 48.6 Å². The maximum absolute atomic E-state index is 13.2. The number of quaternary nitrogens is 1. The predicted octanol–water partition coefficient (Wildman–Crippen LogP) is 11.1. The minimum absolute atomic E-state index is 0.0666. The Hall–Kier alpha value is -2.67. The van der Waals surface area contributed by atoms with Crippen LogP contribution in [-0.2, 0) is 14.4 Å². The fourth-order valence-corrected chi connectivity index (χ4v) is 6.56.